The van der Waals surface area contributed by atoms with Crippen LogP contribution in [0.2, 0.25) is 0 Å². The SMILES string of the molecule is C=CC(=O)Nc1ccc(-c2cc(C3=C(c4cc(-c5ccccc5)sc4C)C(F)(F)C(F)(F)C3(F)F)c(C)s2)cc1. The van der Waals surface area contributed by atoms with Crippen LogP contribution < -0.4 is 5.32 Å². The molecular weight excluding hydrogens is 568 g/mol. The normalized spacial score (nSPS) is 17.2. The largest absolute Gasteiger partial charge is 0.380 e. The summed E-state index contributed by atoms with van der Waals surface area (Å²) in [5.74, 6) is -16.3. The number of thiophene rings is 2. The van der Waals surface area contributed by atoms with E-state index in [1.807, 2.05) is 0 Å². The zero-order chi connectivity index (χ0) is 29.0. The van der Waals surface area contributed by atoms with Crippen LogP contribution in [-0.4, -0.2) is 23.7 Å². The number of amides is 1. The lowest BCUT2D eigenvalue weighted by Crippen LogP contribution is -2.48. The Morgan fingerprint density at radius 2 is 1.20 bits per heavy atom. The number of allylic oxidation sites excluding steroid dienone is 2. The van der Waals surface area contributed by atoms with Gasteiger partial charge in [-0.15, -0.1) is 22.7 Å². The molecule has 0 saturated carbocycles. The number of hydrogen-bond donors (Lipinski definition) is 1. The summed E-state index contributed by atoms with van der Waals surface area (Å²) >= 11 is 2.10. The summed E-state index contributed by atoms with van der Waals surface area (Å²) in [5.41, 5.74) is -1.74. The van der Waals surface area contributed by atoms with Crippen molar-refractivity contribution in [3.05, 3.63) is 100 Å². The fourth-order valence-electron chi connectivity index (χ4n) is 4.69. The van der Waals surface area contributed by atoms with Gasteiger partial charge >= 0.3 is 17.8 Å². The monoisotopic (exact) mass is 589 g/mol. The van der Waals surface area contributed by atoms with Crippen molar-refractivity contribution in [2.75, 3.05) is 5.32 Å². The number of anilines is 1. The Morgan fingerprint density at radius 3 is 1.65 bits per heavy atom. The van der Waals surface area contributed by atoms with E-state index >= 15 is 17.6 Å². The quantitative estimate of drug-likeness (QED) is 0.176. The van der Waals surface area contributed by atoms with Gasteiger partial charge in [-0.3, -0.25) is 4.79 Å². The molecule has 2 nitrogen and oxygen atoms in total. The lowest BCUT2D eigenvalue weighted by Gasteiger charge is -2.25. The number of benzene rings is 2. The molecule has 0 spiro atoms. The van der Waals surface area contributed by atoms with Crippen LogP contribution in [0.25, 0.3) is 32.0 Å². The van der Waals surface area contributed by atoms with Crippen molar-refractivity contribution in [2.45, 2.75) is 31.6 Å². The van der Waals surface area contributed by atoms with Gasteiger partial charge < -0.3 is 5.32 Å². The van der Waals surface area contributed by atoms with Crippen LogP contribution in [0.15, 0.2) is 79.4 Å². The Kier molecular flexibility index (Phi) is 6.82. The third-order valence-electron chi connectivity index (χ3n) is 6.72. The summed E-state index contributed by atoms with van der Waals surface area (Å²) in [6.45, 7) is 6.27. The zero-order valence-corrected chi connectivity index (χ0v) is 22.8. The van der Waals surface area contributed by atoms with Crippen LogP contribution in [0.4, 0.5) is 32.0 Å². The molecule has 0 radical (unpaired) electrons. The van der Waals surface area contributed by atoms with Crippen LogP contribution >= 0.6 is 22.7 Å². The minimum absolute atomic E-state index is 0.191. The number of aryl methyl sites for hydroxylation is 2. The van der Waals surface area contributed by atoms with Gasteiger partial charge in [-0.25, -0.2) is 0 Å². The van der Waals surface area contributed by atoms with Gasteiger partial charge in [0.2, 0.25) is 5.91 Å². The van der Waals surface area contributed by atoms with E-state index in [-0.39, 0.29) is 20.9 Å². The number of halogens is 6. The van der Waals surface area contributed by atoms with Crippen molar-refractivity contribution in [1.29, 1.82) is 0 Å². The van der Waals surface area contributed by atoms with Gasteiger partial charge in [0, 0.05) is 36.3 Å². The molecular formula is C30H21F6NOS2. The topological polar surface area (TPSA) is 29.1 Å². The van der Waals surface area contributed by atoms with Crippen LogP contribution in [0.1, 0.15) is 20.9 Å². The molecule has 1 amide bonds. The van der Waals surface area contributed by atoms with E-state index in [1.54, 1.807) is 54.6 Å². The second-order valence-electron chi connectivity index (χ2n) is 9.27. The molecule has 40 heavy (non-hydrogen) atoms. The molecule has 5 rings (SSSR count). The third kappa shape index (κ3) is 4.30. The van der Waals surface area contributed by atoms with E-state index in [0.29, 0.717) is 26.6 Å². The van der Waals surface area contributed by atoms with Gasteiger partial charge in [-0.05, 0) is 66.4 Å². The highest BCUT2D eigenvalue weighted by atomic mass is 32.1. The Bertz CT molecular complexity index is 1650. The van der Waals surface area contributed by atoms with Crippen LogP contribution in [0.5, 0.6) is 0 Å². The van der Waals surface area contributed by atoms with Crippen molar-refractivity contribution in [1.82, 2.24) is 0 Å². The lowest BCUT2D eigenvalue weighted by molar-refractivity contribution is -0.254. The maximum atomic E-state index is 15.4. The second kappa shape index (κ2) is 9.78. The number of alkyl halides is 6. The molecule has 1 aliphatic carbocycles. The maximum Gasteiger partial charge on any atom is 0.380 e. The smallest absolute Gasteiger partial charge is 0.323 e. The summed E-state index contributed by atoms with van der Waals surface area (Å²) in [6, 6.07) is 17.6. The van der Waals surface area contributed by atoms with Crippen LogP contribution in [-0.2, 0) is 4.79 Å². The van der Waals surface area contributed by atoms with Crippen molar-refractivity contribution in [3.63, 3.8) is 0 Å². The number of nitrogens with one attached hydrogen (secondary N) is 1. The Labute approximate surface area is 234 Å². The molecule has 2 aromatic heterocycles. The Balaban J connectivity index is 1.68. The molecule has 1 aliphatic rings. The molecule has 2 aromatic carbocycles. The fourth-order valence-corrected chi connectivity index (χ4v) is 6.75. The number of hydrogen-bond acceptors (Lipinski definition) is 3. The molecule has 0 unspecified atom stereocenters. The van der Waals surface area contributed by atoms with Gasteiger partial charge in [-0.2, -0.15) is 26.3 Å². The first-order chi connectivity index (χ1) is 18.8. The van der Waals surface area contributed by atoms with E-state index < -0.39 is 34.8 Å². The highest BCUT2D eigenvalue weighted by Crippen LogP contribution is 2.66. The second-order valence-corrected chi connectivity index (χ2v) is 11.8. The molecule has 0 bridgehead atoms. The first-order valence-electron chi connectivity index (χ1n) is 12.0. The average molecular weight is 590 g/mol. The highest BCUT2D eigenvalue weighted by Gasteiger charge is 2.80. The predicted molar refractivity (Wildman–Crippen MR) is 149 cm³/mol. The van der Waals surface area contributed by atoms with Gasteiger partial charge in [0.1, 0.15) is 0 Å². The maximum absolute atomic E-state index is 15.4. The third-order valence-corrected chi connectivity index (χ3v) is 8.92. The van der Waals surface area contributed by atoms with Gasteiger partial charge in [0.05, 0.1) is 0 Å². The van der Waals surface area contributed by atoms with Crippen molar-refractivity contribution < 1.29 is 31.1 Å². The van der Waals surface area contributed by atoms with Gasteiger partial charge in [0.25, 0.3) is 0 Å². The Morgan fingerprint density at radius 1 is 0.750 bits per heavy atom. The Hall–Kier alpha value is -3.63. The molecule has 0 fully saturated rings. The predicted octanol–water partition coefficient (Wildman–Crippen LogP) is 9.72. The molecule has 206 valence electrons. The minimum Gasteiger partial charge on any atom is -0.323 e. The molecule has 10 heteroatoms. The minimum atomic E-state index is -5.63. The summed E-state index contributed by atoms with van der Waals surface area (Å²) in [4.78, 5) is 12.9. The molecule has 0 atom stereocenters. The summed E-state index contributed by atoms with van der Waals surface area (Å²) in [6.07, 6.45) is 1.10. The number of carbonyl (C=O) groups excluding carboxylic acids is 1. The summed E-state index contributed by atoms with van der Waals surface area (Å²) in [7, 11) is 0. The van der Waals surface area contributed by atoms with Crippen molar-refractivity contribution in [3.8, 4) is 20.9 Å². The first kappa shape index (κ1) is 27.9. The van der Waals surface area contributed by atoms with Crippen molar-refractivity contribution in [2.24, 2.45) is 0 Å². The molecule has 1 N–H and O–H groups in total. The molecule has 4 aromatic rings. The van der Waals surface area contributed by atoms with E-state index in [1.165, 1.54) is 26.0 Å². The molecule has 2 heterocycles. The first-order valence-corrected chi connectivity index (χ1v) is 13.6. The standard InChI is InChI=1S/C30H21F6NOS2/c1-4-25(38)37-20-12-10-19(11-13-20)24-15-22(17(3)40-24)27-26(28(31,32)30(35,36)29(27,33)34)21-14-23(39-16(21)2)18-8-6-5-7-9-18/h4-15H,1H2,2-3H3,(H,37,38). The number of carbonyl (C=O) groups is 1. The van der Waals surface area contributed by atoms with Gasteiger partial charge in [0.15, 0.2) is 0 Å². The van der Waals surface area contributed by atoms with E-state index in [4.69, 9.17) is 0 Å². The lowest BCUT2D eigenvalue weighted by atomic mass is 9.94. The zero-order valence-electron chi connectivity index (χ0n) is 21.1. The number of rotatable bonds is 6. The van der Waals surface area contributed by atoms with Gasteiger partial charge in [-0.1, -0.05) is 49.0 Å². The van der Waals surface area contributed by atoms with E-state index in [2.05, 4.69) is 11.9 Å². The molecule has 0 saturated heterocycles. The summed E-state index contributed by atoms with van der Waals surface area (Å²) < 4.78 is 91.5. The van der Waals surface area contributed by atoms with E-state index in [0.717, 1.165) is 28.7 Å². The van der Waals surface area contributed by atoms with Crippen molar-refractivity contribution >= 4 is 45.4 Å². The van der Waals surface area contributed by atoms with E-state index in [9.17, 15) is 13.6 Å². The summed E-state index contributed by atoms with van der Waals surface area (Å²) in [5, 5.41) is 2.58. The van der Waals surface area contributed by atoms with Crippen LogP contribution in [0, 0.1) is 13.8 Å². The average Bonchev–Trinajstić information content (AvgIpc) is 3.51. The van der Waals surface area contributed by atoms with Crippen LogP contribution in [0.3, 0.4) is 0 Å². The highest BCUT2D eigenvalue weighted by molar-refractivity contribution is 7.16. The molecule has 0 aliphatic heterocycles. The fraction of sp³-hybridized carbons (Fsp3) is 0.167.